The fourth-order valence-corrected chi connectivity index (χ4v) is 5.03. The van der Waals surface area contributed by atoms with Gasteiger partial charge in [-0.05, 0) is 32.4 Å². The second-order valence-electron chi connectivity index (χ2n) is 7.40. The van der Waals surface area contributed by atoms with Gasteiger partial charge in [-0.3, -0.25) is 9.48 Å². The molecule has 4 rings (SSSR count). The van der Waals surface area contributed by atoms with Gasteiger partial charge >= 0.3 is 0 Å². The first kappa shape index (κ1) is 17.5. The van der Waals surface area contributed by atoms with E-state index in [9.17, 15) is 9.90 Å². The van der Waals surface area contributed by atoms with Crippen LogP contribution in [0.5, 0.6) is 5.75 Å². The Morgan fingerprint density at radius 3 is 2.77 bits per heavy atom. The van der Waals surface area contributed by atoms with Crippen molar-refractivity contribution in [3.8, 4) is 5.75 Å². The van der Waals surface area contributed by atoms with Crippen LogP contribution in [0.15, 0.2) is 12.3 Å². The number of thiophene rings is 1. The number of aromatic nitrogens is 2. The molecule has 6 nitrogen and oxygen atoms in total. The molecule has 2 aliphatic heterocycles. The Kier molecular flexibility index (Phi) is 4.31. The number of aliphatic hydroxyl groups is 1. The molecule has 4 heterocycles. The van der Waals surface area contributed by atoms with Crippen LogP contribution in [0.25, 0.3) is 0 Å². The van der Waals surface area contributed by atoms with Gasteiger partial charge in [0.05, 0.1) is 11.1 Å². The third-order valence-corrected chi connectivity index (χ3v) is 6.62. The molecule has 0 aliphatic carbocycles. The second-order valence-corrected chi connectivity index (χ2v) is 8.66. The number of aryl methyl sites for hydroxylation is 3. The summed E-state index contributed by atoms with van der Waals surface area (Å²) in [4.78, 5) is 16.8. The van der Waals surface area contributed by atoms with Gasteiger partial charge in [0.25, 0.3) is 5.91 Å². The number of carbonyl (C=O) groups excluding carboxylic acids is 1. The fraction of sp³-hybridized carbons (Fsp3) is 0.579. The molecule has 26 heavy (non-hydrogen) atoms. The van der Waals surface area contributed by atoms with E-state index >= 15 is 0 Å². The van der Waals surface area contributed by atoms with Crippen molar-refractivity contribution in [2.45, 2.75) is 58.3 Å². The van der Waals surface area contributed by atoms with E-state index in [4.69, 9.17) is 4.74 Å². The molecule has 2 aliphatic rings. The van der Waals surface area contributed by atoms with Crippen molar-refractivity contribution < 1.29 is 14.6 Å². The predicted octanol–water partition coefficient (Wildman–Crippen LogP) is 3.07. The lowest BCUT2D eigenvalue weighted by Gasteiger charge is -2.44. The summed E-state index contributed by atoms with van der Waals surface area (Å²) in [6, 6.07) is 2.07. The number of aliphatic hydroxyl groups excluding tert-OH is 1. The summed E-state index contributed by atoms with van der Waals surface area (Å²) in [5.74, 6) is 0.807. The van der Waals surface area contributed by atoms with E-state index in [0.29, 0.717) is 31.0 Å². The molecule has 2 aromatic rings. The molecule has 1 atom stereocenters. The van der Waals surface area contributed by atoms with Crippen LogP contribution < -0.4 is 4.74 Å². The maximum absolute atomic E-state index is 12.8. The lowest BCUT2D eigenvalue weighted by molar-refractivity contribution is -0.0503. The normalized spacial score (nSPS) is 21.5. The molecule has 0 radical (unpaired) electrons. The van der Waals surface area contributed by atoms with Crippen LogP contribution in [0.4, 0.5) is 0 Å². The highest BCUT2D eigenvalue weighted by Crippen LogP contribution is 2.44. The molecule has 0 saturated carbocycles. The number of rotatable bonds is 2. The average molecular weight is 375 g/mol. The maximum atomic E-state index is 12.8. The number of amides is 1. The minimum atomic E-state index is -0.601. The predicted molar refractivity (Wildman–Crippen MR) is 99.8 cm³/mol. The maximum Gasteiger partial charge on any atom is 0.264 e. The molecule has 1 spiro atoms. The van der Waals surface area contributed by atoms with E-state index in [1.807, 2.05) is 31.9 Å². The molecule has 1 unspecified atom stereocenters. The zero-order chi connectivity index (χ0) is 18.5. The fourth-order valence-electron chi connectivity index (χ4n) is 4.03. The smallest absolute Gasteiger partial charge is 0.264 e. The van der Waals surface area contributed by atoms with Gasteiger partial charge in [-0.25, -0.2) is 0 Å². The Morgan fingerprint density at radius 1 is 1.42 bits per heavy atom. The van der Waals surface area contributed by atoms with Crippen LogP contribution in [-0.2, 0) is 6.54 Å². The van der Waals surface area contributed by atoms with Crippen LogP contribution in [0.2, 0.25) is 0 Å². The summed E-state index contributed by atoms with van der Waals surface area (Å²) in [7, 11) is 0. The zero-order valence-electron chi connectivity index (χ0n) is 15.5. The van der Waals surface area contributed by atoms with Crippen LogP contribution >= 0.6 is 11.3 Å². The van der Waals surface area contributed by atoms with Gasteiger partial charge in [-0.15, -0.1) is 11.3 Å². The third-order valence-electron chi connectivity index (χ3n) is 5.48. The van der Waals surface area contributed by atoms with E-state index in [2.05, 4.69) is 11.2 Å². The number of likely N-dealkylation sites (tertiary alicyclic amines) is 1. The van der Waals surface area contributed by atoms with Crippen LogP contribution in [-0.4, -0.2) is 44.4 Å². The number of ether oxygens (including phenoxy) is 1. The minimum Gasteiger partial charge on any atom is -0.483 e. The highest BCUT2D eigenvalue weighted by atomic mass is 32.1. The molecule has 7 heteroatoms. The Balaban J connectivity index is 1.48. The third kappa shape index (κ3) is 2.93. The molecule has 2 aromatic heterocycles. The Morgan fingerprint density at radius 2 is 2.15 bits per heavy atom. The van der Waals surface area contributed by atoms with Gasteiger partial charge in [0.1, 0.15) is 17.4 Å². The van der Waals surface area contributed by atoms with Gasteiger partial charge in [-0.1, -0.05) is 0 Å². The van der Waals surface area contributed by atoms with Gasteiger partial charge < -0.3 is 14.7 Å². The van der Waals surface area contributed by atoms with Crippen molar-refractivity contribution in [3.63, 3.8) is 0 Å². The van der Waals surface area contributed by atoms with E-state index in [1.54, 1.807) is 16.0 Å². The number of hydrogen-bond acceptors (Lipinski definition) is 5. The van der Waals surface area contributed by atoms with Crippen molar-refractivity contribution in [1.82, 2.24) is 14.7 Å². The SMILES string of the molecule is CCn1cc2c(n1)C(O)CC1(CCN(C(=O)c3sc(C)cc3C)CC1)O2. The molecule has 1 amide bonds. The van der Waals surface area contributed by atoms with E-state index in [0.717, 1.165) is 29.8 Å². The van der Waals surface area contributed by atoms with Crippen molar-refractivity contribution in [1.29, 1.82) is 0 Å². The summed E-state index contributed by atoms with van der Waals surface area (Å²) in [6.07, 6.45) is 3.27. The Labute approximate surface area is 157 Å². The van der Waals surface area contributed by atoms with E-state index < -0.39 is 11.7 Å². The first-order valence-electron chi connectivity index (χ1n) is 9.21. The molecule has 1 saturated heterocycles. The van der Waals surface area contributed by atoms with E-state index in [1.165, 1.54) is 4.88 Å². The standard InChI is InChI=1S/C19H25N3O3S/c1-4-22-11-15-16(20-22)14(23)10-19(25-15)5-7-21(8-6-19)18(24)17-12(2)9-13(3)26-17/h9,11,14,23H,4-8,10H2,1-3H3. The highest BCUT2D eigenvalue weighted by Gasteiger charge is 2.45. The summed E-state index contributed by atoms with van der Waals surface area (Å²) in [6.45, 7) is 8.09. The van der Waals surface area contributed by atoms with Gasteiger partial charge in [0.2, 0.25) is 0 Å². The molecular formula is C19H25N3O3S. The minimum absolute atomic E-state index is 0.117. The lowest BCUT2D eigenvalue weighted by atomic mass is 9.83. The molecule has 0 bridgehead atoms. The monoisotopic (exact) mass is 375 g/mol. The molecule has 1 fully saturated rings. The lowest BCUT2D eigenvalue weighted by Crippen LogP contribution is -2.51. The van der Waals surface area contributed by atoms with Gasteiger partial charge in [0, 0.05) is 43.8 Å². The van der Waals surface area contributed by atoms with Crippen molar-refractivity contribution >= 4 is 17.2 Å². The molecule has 0 aromatic carbocycles. The molecular weight excluding hydrogens is 350 g/mol. The zero-order valence-corrected chi connectivity index (χ0v) is 16.3. The second kappa shape index (κ2) is 6.39. The Bertz CT molecular complexity index is 833. The topological polar surface area (TPSA) is 67.6 Å². The van der Waals surface area contributed by atoms with Crippen LogP contribution in [0.3, 0.4) is 0 Å². The summed E-state index contributed by atoms with van der Waals surface area (Å²) >= 11 is 1.57. The average Bonchev–Trinajstić information content (AvgIpc) is 3.17. The van der Waals surface area contributed by atoms with Gasteiger partial charge in [-0.2, -0.15) is 5.10 Å². The summed E-state index contributed by atoms with van der Waals surface area (Å²) in [5.41, 5.74) is 1.30. The number of hydrogen-bond donors (Lipinski definition) is 1. The number of carbonyl (C=O) groups is 1. The van der Waals surface area contributed by atoms with Crippen molar-refractivity contribution in [2.75, 3.05) is 13.1 Å². The highest BCUT2D eigenvalue weighted by molar-refractivity contribution is 7.14. The number of nitrogens with zero attached hydrogens (tertiary/aromatic N) is 3. The van der Waals surface area contributed by atoms with Crippen molar-refractivity contribution in [2.24, 2.45) is 0 Å². The van der Waals surface area contributed by atoms with Crippen LogP contribution in [0.1, 0.15) is 58.1 Å². The number of piperidine rings is 1. The largest absolute Gasteiger partial charge is 0.483 e. The van der Waals surface area contributed by atoms with Gasteiger partial charge in [0.15, 0.2) is 5.75 Å². The first-order valence-corrected chi connectivity index (χ1v) is 10.0. The summed E-state index contributed by atoms with van der Waals surface area (Å²) in [5, 5.41) is 14.9. The van der Waals surface area contributed by atoms with E-state index in [-0.39, 0.29) is 5.91 Å². The molecule has 1 N–H and O–H groups in total. The van der Waals surface area contributed by atoms with Crippen molar-refractivity contribution in [3.05, 3.63) is 33.3 Å². The number of fused-ring (bicyclic) bond motifs is 1. The Hall–Kier alpha value is -1.86. The van der Waals surface area contributed by atoms with Crippen LogP contribution in [0, 0.1) is 13.8 Å². The molecule has 140 valence electrons. The first-order chi connectivity index (χ1) is 12.4. The summed E-state index contributed by atoms with van der Waals surface area (Å²) < 4.78 is 8.10. The quantitative estimate of drug-likeness (QED) is 0.876.